The number of hydrogen-bond acceptors (Lipinski definition) is 4. The summed E-state index contributed by atoms with van der Waals surface area (Å²) in [4.78, 5) is 0. The summed E-state index contributed by atoms with van der Waals surface area (Å²) in [5, 5.41) is 0.0455. The molecule has 6 heteroatoms. The van der Waals surface area contributed by atoms with Gasteiger partial charge in [-0.2, -0.15) is 4.31 Å². The molecule has 1 aromatic heterocycles. The molecule has 112 valence electrons. The summed E-state index contributed by atoms with van der Waals surface area (Å²) in [5.41, 5.74) is 5.49. The largest absolute Gasteiger partial charge is 0.447 e. The fourth-order valence-corrected chi connectivity index (χ4v) is 5.29. The summed E-state index contributed by atoms with van der Waals surface area (Å²) in [6, 6.07) is 3.34. The van der Waals surface area contributed by atoms with Crippen molar-refractivity contribution in [2.24, 2.45) is 11.7 Å². The quantitative estimate of drug-likeness (QED) is 0.927. The zero-order valence-electron chi connectivity index (χ0n) is 11.6. The highest BCUT2D eigenvalue weighted by Gasteiger charge is 2.41. The molecule has 2 unspecified atom stereocenters. The molecule has 1 aliphatic carbocycles. The number of hydrogen-bond donors (Lipinski definition) is 1. The SMILES string of the molecule is NCc1ccc(S(=O)(=O)N2CCCC3CCCCC32)o1. The van der Waals surface area contributed by atoms with Crippen molar-refractivity contribution in [2.75, 3.05) is 6.54 Å². The van der Waals surface area contributed by atoms with Crippen LogP contribution in [-0.2, 0) is 16.6 Å². The summed E-state index contributed by atoms with van der Waals surface area (Å²) in [7, 11) is -3.51. The standard InChI is InChI=1S/C14H22N2O3S/c15-10-12-7-8-14(19-12)20(17,18)16-9-3-5-11-4-1-2-6-13(11)16/h7-8,11,13H,1-6,9-10,15H2. The molecule has 5 nitrogen and oxygen atoms in total. The minimum absolute atomic E-state index is 0.0455. The predicted molar refractivity (Wildman–Crippen MR) is 75.5 cm³/mol. The average Bonchev–Trinajstić information content (AvgIpc) is 2.96. The fraction of sp³-hybridized carbons (Fsp3) is 0.714. The van der Waals surface area contributed by atoms with E-state index < -0.39 is 10.0 Å². The van der Waals surface area contributed by atoms with E-state index in [1.807, 2.05) is 0 Å². The van der Waals surface area contributed by atoms with Crippen LogP contribution in [0.3, 0.4) is 0 Å². The van der Waals surface area contributed by atoms with E-state index in [9.17, 15) is 8.42 Å². The van der Waals surface area contributed by atoms with Gasteiger partial charge >= 0.3 is 0 Å². The van der Waals surface area contributed by atoms with Crippen molar-refractivity contribution in [3.05, 3.63) is 17.9 Å². The van der Waals surface area contributed by atoms with E-state index in [-0.39, 0.29) is 17.7 Å². The Morgan fingerprint density at radius 1 is 1.20 bits per heavy atom. The maximum Gasteiger partial charge on any atom is 0.276 e. The molecule has 20 heavy (non-hydrogen) atoms. The number of fused-ring (bicyclic) bond motifs is 1. The number of rotatable bonds is 3. The van der Waals surface area contributed by atoms with Crippen molar-refractivity contribution in [2.45, 2.75) is 56.2 Å². The molecule has 2 N–H and O–H groups in total. The lowest BCUT2D eigenvalue weighted by molar-refractivity contribution is 0.127. The number of furan rings is 1. The monoisotopic (exact) mass is 298 g/mol. The van der Waals surface area contributed by atoms with Crippen LogP contribution in [0.2, 0.25) is 0 Å². The fourth-order valence-electron chi connectivity index (χ4n) is 3.60. The van der Waals surface area contributed by atoms with E-state index in [0.717, 1.165) is 32.1 Å². The van der Waals surface area contributed by atoms with Crippen molar-refractivity contribution in [1.82, 2.24) is 4.31 Å². The summed E-state index contributed by atoms with van der Waals surface area (Å²) in [6.07, 6.45) is 6.59. The molecule has 2 aliphatic rings. The highest BCUT2D eigenvalue weighted by atomic mass is 32.2. The van der Waals surface area contributed by atoms with Crippen LogP contribution in [0.1, 0.15) is 44.3 Å². The second-order valence-electron chi connectivity index (χ2n) is 5.79. The van der Waals surface area contributed by atoms with Gasteiger partial charge in [0.25, 0.3) is 10.0 Å². The van der Waals surface area contributed by atoms with Gasteiger partial charge in [0, 0.05) is 12.6 Å². The second-order valence-corrected chi connectivity index (χ2v) is 7.62. The lowest BCUT2D eigenvalue weighted by Crippen LogP contribution is -2.49. The molecule has 3 rings (SSSR count). The van der Waals surface area contributed by atoms with Crippen molar-refractivity contribution >= 4 is 10.0 Å². The Morgan fingerprint density at radius 2 is 1.95 bits per heavy atom. The van der Waals surface area contributed by atoms with Crippen LogP contribution >= 0.6 is 0 Å². The van der Waals surface area contributed by atoms with Crippen molar-refractivity contribution < 1.29 is 12.8 Å². The van der Waals surface area contributed by atoms with E-state index in [1.165, 1.54) is 12.5 Å². The van der Waals surface area contributed by atoms with Gasteiger partial charge in [-0.3, -0.25) is 0 Å². The molecule has 1 aliphatic heterocycles. The maximum atomic E-state index is 12.8. The third-order valence-corrected chi connectivity index (χ3v) is 6.39. The third-order valence-electron chi connectivity index (χ3n) is 4.59. The number of nitrogens with two attached hydrogens (primary N) is 1. The van der Waals surface area contributed by atoms with Gasteiger partial charge in [-0.25, -0.2) is 8.42 Å². The average molecular weight is 298 g/mol. The van der Waals surface area contributed by atoms with Crippen LogP contribution in [0.15, 0.2) is 21.6 Å². The van der Waals surface area contributed by atoms with Crippen LogP contribution in [0.25, 0.3) is 0 Å². The molecule has 1 aromatic rings. The zero-order valence-corrected chi connectivity index (χ0v) is 12.4. The third kappa shape index (κ3) is 2.40. The van der Waals surface area contributed by atoms with E-state index in [2.05, 4.69) is 0 Å². The lowest BCUT2D eigenvalue weighted by Gasteiger charge is -2.42. The van der Waals surface area contributed by atoms with Crippen LogP contribution in [0.4, 0.5) is 0 Å². The van der Waals surface area contributed by atoms with Gasteiger partial charge in [0.2, 0.25) is 5.09 Å². The van der Waals surface area contributed by atoms with Crippen molar-refractivity contribution in [1.29, 1.82) is 0 Å². The molecule has 0 aromatic carbocycles. The molecule has 1 saturated carbocycles. The van der Waals surface area contributed by atoms with E-state index >= 15 is 0 Å². The van der Waals surface area contributed by atoms with Crippen LogP contribution in [0, 0.1) is 5.92 Å². The van der Waals surface area contributed by atoms with Crippen molar-refractivity contribution in [3.63, 3.8) is 0 Å². The van der Waals surface area contributed by atoms with Gasteiger partial charge in [-0.1, -0.05) is 12.8 Å². The Morgan fingerprint density at radius 3 is 2.70 bits per heavy atom. The first-order valence-corrected chi connectivity index (χ1v) is 8.87. The minimum atomic E-state index is -3.51. The smallest absolute Gasteiger partial charge is 0.276 e. The Labute approximate surface area is 120 Å². The van der Waals surface area contributed by atoms with Gasteiger partial charge in [0.05, 0.1) is 6.54 Å². The number of piperidine rings is 1. The zero-order chi connectivity index (χ0) is 14.2. The van der Waals surface area contributed by atoms with E-state index in [0.29, 0.717) is 18.2 Å². The Balaban J connectivity index is 1.89. The topological polar surface area (TPSA) is 76.5 Å². The molecule has 0 bridgehead atoms. The predicted octanol–water partition coefficient (Wildman–Crippen LogP) is 2.08. The molecule has 2 fully saturated rings. The highest BCUT2D eigenvalue weighted by molar-refractivity contribution is 7.89. The van der Waals surface area contributed by atoms with Gasteiger partial charge in [0.15, 0.2) is 0 Å². The summed E-state index contributed by atoms with van der Waals surface area (Å²) in [5.74, 6) is 1.04. The Kier molecular flexibility index (Phi) is 3.88. The number of nitrogens with zero attached hydrogens (tertiary/aromatic N) is 1. The van der Waals surface area contributed by atoms with Crippen molar-refractivity contribution in [3.8, 4) is 0 Å². The van der Waals surface area contributed by atoms with Crippen LogP contribution < -0.4 is 5.73 Å². The molecular weight excluding hydrogens is 276 g/mol. The molecule has 1 saturated heterocycles. The molecule has 2 atom stereocenters. The summed E-state index contributed by atoms with van der Waals surface area (Å²) in [6.45, 7) is 0.837. The second kappa shape index (κ2) is 5.50. The van der Waals surface area contributed by atoms with E-state index in [4.69, 9.17) is 10.2 Å². The first-order chi connectivity index (χ1) is 9.63. The van der Waals surface area contributed by atoms with Gasteiger partial charge in [0.1, 0.15) is 5.76 Å². The maximum absolute atomic E-state index is 12.8. The van der Waals surface area contributed by atoms with Crippen LogP contribution in [-0.4, -0.2) is 25.3 Å². The molecule has 2 heterocycles. The lowest BCUT2D eigenvalue weighted by atomic mass is 9.79. The highest BCUT2D eigenvalue weighted by Crippen LogP contribution is 2.38. The molecule has 0 radical (unpaired) electrons. The molecule has 0 spiro atoms. The Bertz CT molecular complexity index is 565. The first kappa shape index (κ1) is 14.1. The molecular formula is C14H22N2O3S. The summed E-state index contributed by atoms with van der Waals surface area (Å²) >= 11 is 0. The van der Waals surface area contributed by atoms with Gasteiger partial charge in [-0.15, -0.1) is 0 Å². The summed E-state index contributed by atoms with van der Waals surface area (Å²) < 4.78 is 32.6. The van der Waals surface area contributed by atoms with Gasteiger partial charge in [-0.05, 0) is 43.7 Å². The normalized spacial score (nSPS) is 28.2. The van der Waals surface area contributed by atoms with Gasteiger partial charge < -0.3 is 10.2 Å². The first-order valence-electron chi connectivity index (χ1n) is 7.43. The van der Waals surface area contributed by atoms with Crippen LogP contribution in [0.5, 0.6) is 0 Å². The molecule has 0 amide bonds. The Hall–Kier alpha value is -0.850. The number of sulfonamides is 1. The minimum Gasteiger partial charge on any atom is -0.447 e. The van der Waals surface area contributed by atoms with E-state index in [1.54, 1.807) is 10.4 Å².